The third kappa shape index (κ3) is 2.82. The fraction of sp³-hybridized carbons (Fsp3) is 0.286. The highest BCUT2D eigenvalue weighted by molar-refractivity contribution is 7.25. The van der Waals surface area contributed by atoms with Crippen molar-refractivity contribution in [3.63, 3.8) is 0 Å². The van der Waals surface area contributed by atoms with Gasteiger partial charge < -0.3 is 14.2 Å². The maximum Gasteiger partial charge on any atom is 0.289 e. The number of furan rings is 1. The third-order valence-corrected chi connectivity index (χ3v) is 6.23. The Balaban J connectivity index is 1.48. The highest BCUT2D eigenvalue weighted by Crippen LogP contribution is 2.38. The van der Waals surface area contributed by atoms with Gasteiger partial charge in [0, 0.05) is 36.3 Å². The number of carbonyl (C=O) groups is 1. The smallest absolute Gasteiger partial charge is 0.289 e. The summed E-state index contributed by atoms with van der Waals surface area (Å²) in [5.74, 6) is 2.10. The van der Waals surface area contributed by atoms with Crippen LogP contribution in [0.15, 0.2) is 41.0 Å². The molecule has 1 aliphatic rings. The maximum absolute atomic E-state index is 12.5. The number of anilines is 1. The molecule has 0 aliphatic carbocycles. The lowest BCUT2D eigenvalue weighted by Crippen LogP contribution is -2.49. The van der Waals surface area contributed by atoms with Crippen molar-refractivity contribution in [1.82, 2.24) is 14.9 Å². The summed E-state index contributed by atoms with van der Waals surface area (Å²) in [4.78, 5) is 27.1. The van der Waals surface area contributed by atoms with Gasteiger partial charge in [0.2, 0.25) is 0 Å². The van der Waals surface area contributed by atoms with E-state index in [0.717, 1.165) is 34.9 Å². The Morgan fingerprint density at radius 2 is 1.93 bits per heavy atom. The zero-order chi connectivity index (χ0) is 19.3. The first kappa shape index (κ1) is 17.2. The van der Waals surface area contributed by atoms with Crippen molar-refractivity contribution < 1.29 is 9.21 Å². The van der Waals surface area contributed by atoms with E-state index in [1.54, 1.807) is 23.5 Å². The van der Waals surface area contributed by atoms with Crippen LogP contribution in [0, 0.1) is 13.8 Å². The highest BCUT2D eigenvalue weighted by Gasteiger charge is 2.26. The molecule has 28 heavy (non-hydrogen) atoms. The Bertz CT molecular complexity index is 1170. The standard InChI is InChI=1S/C21H20N4O2S/c1-13-5-6-15-17(12-13)28-20-18(15)19(22-14(2)23-20)24-7-9-25(10-8-24)21(26)16-4-3-11-27-16/h3-6,11-12H,7-10H2,1-2H3. The molecule has 0 radical (unpaired) electrons. The molecule has 1 aliphatic heterocycles. The Morgan fingerprint density at radius 1 is 1.11 bits per heavy atom. The molecule has 0 N–H and O–H groups in total. The number of carbonyl (C=O) groups excluding carboxylic acids is 1. The largest absolute Gasteiger partial charge is 0.459 e. The molecule has 1 fully saturated rings. The monoisotopic (exact) mass is 392 g/mol. The van der Waals surface area contributed by atoms with Gasteiger partial charge in [-0.3, -0.25) is 4.79 Å². The van der Waals surface area contributed by atoms with E-state index in [1.165, 1.54) is 21.9 Å². The van der Waals surface area contributed by atoms with Crippen molar-refractivity contribution in [2.75, 3.05) is 31.1 Å². The van der Waals surface area contributed by atoms with Gasteiger partial charge in [0.05, 0.1) is 11.6 Å². The molecule has 0 unspecified atom stereocenters. The highest BCUT2D eigenvalue weighted by atomic mass is 32.1. The van der Waals surface area contributed by atoms with Crippen molar-refractivity contribution >= 4 is 43.4 Å². The minimum Gasteiger partial charge on any atom is -0.459 e. The summed E-state index contributed by atoms with van der Waals surface area (Å²) < 4.78 is 6.50. The molecule has 1 saturated heterocycles. The lowest BCUT2D eigenvalue weighted by atomic mass is 10.1. The molecule has 0 bridgehead atoms. The number of aryl methyl sites for hydroxylation is 2. The number of amides is 1. The van der Waals surface area contributed by atoms with Gasteiger partial charge in [0.25, 0.3) is 5.91 Å². The molecule has 6 nitrogen and oxygen atoms in total. The van der Waals surface area contributed by atoms with Crippen molar-refractivity contribution in [2.24, 2.45) is 0 Å². The predicted molar refractivity (Wildman–Crippen MR) is 111 cm³/mol. The summed E-state index contributed by atoms with van der Waals surface area (Å²) in [6, 6.07) is 9.97. The molecule has 7 heteroatoms. The topological polar surface area (TPSA) is 62.5 Å². The van der Waals surface area contributed by atoms with E-state index >= 15 is 0 Å². The van der Waals surface area contributed by atoms with E-state index in [9.17, 15) is 4.79 Å². The van der Waals surface area contributed by atoms with E-state index in [4.69, 9.17) is 9.40 Å². The van der Waals surface area contributed by atoms with Gasteiger partial charge in [-0.15, -0.1) is 11.3 Å². The minimum absolute atomic E-state index is 0.0508. The molecule has 142 valence electrons. The van der Waals surface area contributed by atoms with Crippen molar-refractivity contribution in [3.8, 4) is 0 Å². The van der Waals surface area contributed by atoms with Crippen LogP contribution < -0.4 is 4.90 Å². The fourth-order valence-electron chi connectivity index (χ4n) is 3.77. The molecular formula is C21H20N4O2S. The summed E-state index contributed by atoms with van der Waals surface area (Å²) in [7, 11) is 0. The molecule has 4 heterocycles. The Morgan fingerprint density at radius 3 is 2.68 bits per heavy atom. The molecule has 1 amide bonds. The number of benzene rings is 1. The van der Waals surface area contributed by atoms with E-state index in [1.807, 2.05) is 11.8 Å². The van der Waals surface area contributed by atoms with Crippen LogP contribution in [0.3, 0.4) is 0 Å². The normalized spacial score (nSPS) is 14.9. The van der Waals surface area contributed by atoms with E-state index in [2.05, 4.69) is 35.0 Å². The van der Waals surface area contributed by atoms with Crippen LogP contribution in [0.4, 0.5) is 5.82 Å². The number of piperazine rings is 1. The molecule has 5 rings (SSSR count). The molecule has 0 spiro atoms. The van der Waals surface area contributed by atoms with Crippen molar-refractivity contribution in [1.29, 1.82) is 0 Å². The first-order valence-corrected chi connectivity index (χ1v) is 10.2. The average Bonchev–Trinajstić information content (AvgIpc) is 3.34. The van der Waals surface area contributed by atoms with Crippen LogP contribution >= 0.6 is 11.3 Å². The number of thiophene rings is 1. The third-order valence-electron chi connectivity index (χ3n) is 5.18. The van der Waals surface area contributed by atoms with Gasteiger partial charge >= 0.3 is 0 Å². The molecular weight excluding hydrogens is 372 g/mol. The van der Waals surface area contributed by atoms with Gasteiger partial charge in [-0.1, -0.05) is 12.1 Å². The van der Waals surface area contributed by atoms with Gasteiger partial charge in [-0.25, -0.2) is 9.97 Å². The van der Waals surface area contributed by atoms with Crippen molar-refractivity contribution in [2.45, 2.75) is 13.8 Å². The lowest BCUT2D eigenvalue weighted by Gasteiger charge is -2.35. The van der Waals surface area contributed by atoms with Gasteiger partial charge in [-0.2, -0.15) is 0 Å². The second-order valence-electron chi connectivity index (χ2n) is 7.13. The van der Waals surface area contributed by atoms with Gasteiger partial charge in [0.1, 0.15) is 16.5 Å². The zero-order valence-electron chi connectivity index (χ0n) is 15.8. The summed E-state index contributed by atoms with van der Waals surface area (Å²) >= 11 is 1.72. The summed E-state index contributed by atoms with van der Waals surface area (Å²) in [6.45, 7) is 6.81. The lowest BCUT2D eigenvalue weighted by molar-refractivity contribution is 0.0714. The van der Waals surface area contributed by atoms with Crippen LogP contribution in [-0.4, -0.2) is 47.0 Å². The second kappa shape index (κ2) is 6.60. The number of aromatic nitrogens is 2. The molecule has 0 atom stereocenters. The first-order valence-electron chi connectivity index (χ1n) is 9.35. The molecule has 1 aromatic carbocycles. The number of nitrogens with zero attached hydrogens (tertiary/aromatic N) is 4. The van der Waals surface area contributed by atoms with Crippen LogP contribution in [-0.2, 0) is 0 Å². The Hall–Kier alpha value is -2.93. The summed E-state index contributed by atoms with van der Waals surface area (Å²) in [5, 5.41) is 2.33. The van der Waals surface area contributed by atoms with Crippen LogP contribution in [0.25, 0.3) is 20.3 Å². The Labute approximate surface area is 166 Å². The second-order valence-corrected chi connectivity index (χ2v) is 8.16. The number of rotatable bonds is 2. The number of hydrogen-bond acceptors (Lipinski definition) is 6. The van der Waals surface area contributed by atoms with E-state index in [-0.39, 0.29) is 5.91 Å². The maximum atomic E-state index is 12.5. The zero-order valence-corrected chi connectivity index (χ0v) is 16.6. The fourth-order valence-corrected chi connectivity index (χ4v) is 4.99. The number of fused-ring (bicyclic) bond motifs is 3. The van der Waals surface area contributed by atoms with Crippen LogP contribution in [0.1, 0.15) is 21.9 Å². The quantitative estimate of drug-likeness (QED) is 0.516. The first-order chi connectivity index (χ1) is 13.6. The van der Waals surface area contributed by atoms with Gasteiger partial charge in [0.15, 0.2) is 5.76 Å². The summed E-state index contributed by atoms with van der Waals surface area (Å²) in [6.07, 6.45) is 1.53. The number of hydrogen-bond donors (Lipinski definition) is 0. The predicted octanol–water partition coefficient (Wildman–Crippen LogP) is 4.02. The van der Waals surface area contributed by atoms with Crippen molar-refractivity contribution in [3.05, 3.63) is 53.7 Å². The molecule has 3 aromatic heterocycles. The van der Waals surface area contributed by atoms with Gasteiger partial charge in [-0.05, 0) is 37.6 Å². The minimum atomic E-state index is -0.0508. The van der Waals surface area contributed by atoms with E-state index in [0.29, 0.717) is 18.8 Å². The molecule has 4 aromatic rings. The summed E-state index contributed by atoms with van der Waals surface area (Å²) in [5.41, 5.74) is 1.25. The van der Waals surface area contributed by atoms with Crippen LogP contribution in [0.2, 0.25) is 0 Å². The average molecular weight is 392 g/mol. The Kier molecular flexibility index (Phi) is 4.05. The van der Waals surface area contributed by atoms with Crippen LogP contribution in [0.5, 0.6) is 0 Å². The molecule has 0 saturated carbocycles. The SMILES string of the molecule is Cc1ccc2c(c1)sc1nc(C)nc(N3CCN(C(=O)c4ccco4)CC3)c12. The van der Waals surface area contributed by atoms with E-state index < -0.39 is 0 Å².